The van der Waals surface area contributed by atoms with Crippen molar-refractivity contribution in [1.82, 2.24) is 4.98 Å². The average Bonchev–Trinajstić information content (AvgIpc) is 2.64. The molecule has 2 aromatic carbocycles. The van der Waals surface area contributed by atoms with Gasteiger partial charge in [0.2, 0.25) is 9.84 Å². The molecule has 0 spiro atoms. The van der Waals surface area contributed by atoms with E-state index >= 15 is 0 Å². The summed E-state index contributed by atoms with van der Waals surface area (Å²) in [4.78, 5) is 16.0. The number of aryl methyl sites for hydroxylation is 1. The number of sulfone groups is 1. The highest BCUT2D eigenvalue weighted by molar-refractivity contribution is 7.91. The van der Waals surface area contributed by atoms with E-state index in [1.807, 2.05) is 0 Å². The number of aromatic nitrogens is 1. The third-order valence-electron chi connectivity index (χ3n) is 3.88. The van der Waals surface area contributed by atoms with Crippen molar-refractivity contribution in [2.45, 2.75) is 16.7 Å². The minimum absolute atomic E-state index is 0.0846. The quantitative estimate of drug-likeness (QED) is 0.725. The van der Waals surface area contributed by atoms with Crippen LogP contribution in [0.2, 0.25) is 0 Å². The Morgan fingerprint density at radius 3 is 2.36 bits per heavy atom. The molecule has 0 amide bonds. The van der Waals surface area contributed by atoms with Crippen LogP contribution in [0.25, 0.3) is 10.8 Å². The molecule has 1 aromatic heterocycles. The minimum atomic E-state index is -3.69. The second-order valence-corrected chi connectivity index (χ2v) is 7.36. The fraction of sp³-hybridized carbons (Fsp3) is 0.111. The smallest absolute Gasteiger partial charge is 0.360 e. The molecule has 3 aromatic rings. The number of carbonyl (C=O) groups is 1. The molecule has 25 heavy (non-hydrogen) atoms. The third kappa shape index (κ3) is 2.83. The molecule has 1 heterocycles. The van der Waals surface area contributed by atoms with Gasteiger partial charge in [0.05, 0.1) is 16.9 Å². The van der Waals surface area contributed by atoms with Crippen molar-refractivity contribution in [3.8, 4) is 5.75 Å². The van der Waals surface area contributed by atoms with E-state index in [2.05, 4.69) is 9.72 Å². The predicted octanol–water partition coefficient (Wildman–Crippen LogP) is 2.87. The van der Waals surface area contributed by atoms with Crippen molar-refractivity contribution in [2.75, 3.05) is 7.11 Å². The van der Waals surface area contributed by atoms with Crippen LogP contribution in [0, 0.1) is 6.92 Å². The number of hydrogen-bond donors (Lipinski definition) is 1. The van der Waals surface area contributed by atoms with Crippen molar-refractivity contribution in [3.63, 3.8) is 0 Å². The molecule has 0 radical (unpaired) electrons. The molecule has 7 heteroatoms. The zero-order valence-electron chi connectivity index (χ0n) is 13.6. The number of nitrogens with zero attached hydrogens (tertiary/aromatic N) is 1. The highest BCUT2D eigenvalue weighted by atomic mass is 32.2. The van der Waals surface area contributed by atoms with Gasteiger partial charge in [0.25, 0.3) is 0 Å². The highest BCUT2D eigenvalue weighted by Gasteiger charge is 2.22. The lowest BCUT2D eigenvalue weighted by molar-refractivity contribution is 0.0590. The second-order valence-electron chi connectivity index (χ2n) is 5.41. The van der Waals surface area contributed by atoms with Gasteiger partial charge in [0, 0.05) is 16.5 Å². The van der Waals surface area contributed by atoms with E-state index in [1.54, 1.807) is 25.1 Å². The van der Waals surface area contributed by atoms with Crippen LogP contribution in [-0.4, -0.2) is 31.6 Å². The maximum atomic E-state index is 12.7. The number of esters is 1. The fourth-order valence-electron chi connectivity index (χ4n) is 2.58. The van der Waals surface area contributed by atoms with Crippen LogP contribution in [0.3, 0.4) is 0 Å². The lowest BCUT2D eigenvalue weighted by Gasteiger charge is -2.11. The van der Waals surface area contributed by atoms with Crippen LogP contribution in [0.5, 0.6) is 5.75 Å². The van der Waals surface area contributed by atoms with E-state index in [0.29, 0.717) is 16.5 Å². The molecule has 0 saturated heterocycles. The number of ether oxygens (including phenoxy) is 1. The first kappa shape index (κ1) is 16.9. The molecule has 128 valence electrons. The summed E-state index contributed by atoms with van der Waals surface area (Å²) in [6.07, 6.45) is 0. The molecule has 0 fully saturated rings. The summed E-state index contributed by atoms with van der Waals surface area (Å²) in [6.45, 7) is 1.63. The molecule has 1 N–H and O–H groups in total. The van der Waals surface area contributed by atoms with Gasteiger partial charge >= 0.3 is 5.97 Å². The van der Waals surface area contributed by atoms with E-state index in [9.17, 15) is 18.3 Å². The Balaban J connectivity index is 2.23. The Morgan fingerprint density at radius 2 is 1.72 bits per heavy atom. The molecule has 3 rings (SSSR count). The van der Waals surface area contributed by atoms with Crippen LogP contribution < -0.4 is 0 Å². The van der Waals surface area contributed by atoms with Gasteiger partial charge in [0.15, 0.2) is 11.4 Å². The number of pyridine rings is 1. The second kappa shape index (κ2) is 6.18. The molecule has 0 saturated carbocycles. The van der Waals surface area contributed by atoms with Crippen LogP contribution in [0.15, 0.2) is 58.3 Å². The number of benzene rings is 2. The minimum Gasteiger partial charge on any atom is -0.505 e. The molecule has 0 aliphatic heterocycles. The fourth-order valence-corrected chi connectivity index (χ4v) is 3.89. The monoisotopic (exact) mass is 357 g/mol. The van der Waals surface area contributed by atoms with Gasteiger partial charge in [-0.15, -0.1) is 0 Å². The van der Waals surface area contributed by atoms with Crippen LogP contribution in [0.1, 0.15) is 16.2 Å². The topological polar surface area (TPSA) is 93.6 Å². The summed E-state index contributed by atoms with van der Waals surface area (Å²) in [5.74, 6) is -1.10. The Morgan fingerprint density at radius 1 is 1.04 bits per heavy atom. The normalized spacial score (nSPS) is 11.4. The number of aromatic hydroxyl groups is 1. The van der Waals surface area contributed by atoms with Crippen LogP contribution in [0.4, 0.5) is 0 Å². The third-order valence-corrected chi connectivity index (χ3v) is 5.65. The van der Waals surface area contributed by atoms with E-state index in [1.165, 1.54) is 37.4 Å². The largest absolute Gasteiger partial charge is 0.505 e. The van der Waals surface area contributed by atoms with E-state index in [4.69, 9.17) is 0 Å². The molecular formula is C18H15NO5S. The van der Waals surface area contributed by atoms with Crippen LogP contribution in [-0.2, 0) is 14.6 Å². The van der Waals surface area contributed by atoms with Crippen molar-refractivity contribution < 1.29 is 23.1 Å². The van der Waals surface area contributed by atoms with Gasteiger partial charge < -0.3 is 9.84 Å². The van der Waals surface area contributed by atoms with E-state index in [0.717, 1.165) is 0 Å². The number of carbonyl (C=O) groups excluding carboxylic acids is 1. The maximum absolute atomic E-state index is 12.7. The van der Waals surface area contributed by atoms with Gasteiger partial charge in [-0.25, -0.2) is 18.2 Å². The number of hydrogen-bond acceptors (Lipinski definition) is 6. The van der Waals surface area contributed by atoms with E-state index < -0.39 is 15.8 Å². The van der Waals surface area contributed by atoms with E-state index in [-0.39, 0.29) is 21.2 Å². The summed E-state index contributed by atoms with van der Waals surface area (Å²) in [6, 6.07) is 12.4. The Hall–Kier alpha value is -2.93. The first-order valence-electron chi connectivity index (χ1n) is 7.38. The Kier molecular flexibility index (Phi) is 4.18. The maximum Gasteiger partial charge on any atom is 0.360 e. The molecule has 0 aliphatic rings. The number of rotatable bonds is 3. The standard InChI is InChI=1S/C18H15NO5S/c1-11-15-10-13(25(22,23)12-6-4-3-5-7-12)8-9-14(15)17(20)16(19-11)18(21)24-2/h3-10,20H,1-2H3. The summed E-state index contributed by atoms with van der Waals surface area (Å²) in [5, 5.41) is 11.1. The summed E-state index contributed by atoms with van der Waals surface area (Å²) < 4.78 is 30.1. The first-order chi connectivity index (χ1) is 11.9. The predicted molar refractivity (Wildman–Crippen MR) is 91.4 cm³/mol. The van der Waals surface area contributed by atoms with Crippen molar-refractivity contribution in [3.05, 3.63) is 59.9 Å². The lowest BCUT2D eigenvalue weighted by Crippen LogP contribution is -2.07. The summed E-state index contributed by atoms with van der Waals surface area (Å²) >= 11 is 0. The Labute approximate surface area is 144 Å². The average molecular weight is 357 g/mol. The highest BCUT2D eigenvalue weighted by Crippen LogP contribution is 2.32. The number of fused-ring (bicyclic) bond motifs is 1. The van der Waals surface area contributed by atoms with Crippen LogP contribution >= 0.6 is 0 Å². The molecule has 0 aliphatic carbocycles. The number of methoxy groups -OCH3 is 1. The molecule has 6 nitrogen and oxygen atoms in total. The zero-order chi connectivity index (χ0) is 18.2. The molecular weight excluding hydrogens is 342 g/mol. The van der Waals surface area contributed by atoms with Gasteiger partial charge in [-0.3, -0.25) is 0 Å². The summed E-state index contributed by atoms with van der Waals surface area (Å²) in [5.41, 5.74) is 0.212. The van der Waals surface area contributed by atoms with Crippen molar-refractivity contribution >= 4 is 26.6 Å². The van der Waals surface area contributed by atoms with Gasteiger partial charge in [-0.2, -0.15) is 0 Å². The zero-order valence-corrected chi connectivity index (χ0v) is 14.4. The molecule has 0 unspecified atom stereocenters. The lowest BCUT2D eigenvalue weighted by atomic mass is 10.1. The van der Waals surface area contributed by atoms with Crippen molar-refractivity contribution in [2.24, 2.45) is 0 Å². The van der Waals surface area contributed by atoms with Gasteiger partial charge in [-0.1, -0.05) is 18.2 Å². The first-order valence-corrected chi connectivity index (χ1v) is 8.86. The van der Waals surface area contributed by atoms with Gasteiger partial charge in [0.1, 0.15) is 0 Å². The SMILES string of the molecule is COC(=O)c1nc(C)c2cc(S(=O)(=O)c3ccccc3)ccc2c1O. The van der Waals surface area contributed by atoms with Crippen molar-refractivity contribution in [1.29, 1.82) is 0 Å². The van der Waals surface area contributed by atoms with Gasteiger partial charge in [-0.05, 0) is 37.3 Å². The molecule has 0 bridgehead atoms. The molecule has 0 atom stereocenters. The Bertz CT molecular complexity index is 1080. The summed E-state index contributed by atoms with van der Waals surface area (Å²) in [7, 11) is -2.50.